The molecule has 2 aromatic heterocycles. The van der Waals surface area contributed by atoms with E-state index in [-0.39, 0.29) is 17.9 Å². The summed E-state index contributed by atoms with van der Waals surface area (Å²) in [5.41, 5.74) is 1.56. The molecule has 0 unspecified atom stereocenters. The number of aryl methyl sites for hydroxylation is 2. The molecule has 0 spiro atoms. The molecule has 0 saturated carbocycles. The van der Waals surface area contributed by atoms with Gasteiger partial charge in [0.05, 0.1) is 29.3 Å². The Labute approximate surface area is 189 Å². The normalized spacial score (nSPS) is 19.0. The lowest BCUT2D eigenvalue weighted by atomic mass is 9.86. The average Bonchev–Trinajstić information content (AvgIpc) is 3.32. The summed E-state index contributed by atoms with van der Waals surface area (Å²) < 4.78 is 38.3. The molecule has 0 bridgehead atoms. The number of amides is 1. The molecule has 10 heteroatoms. The fourth-order valence-corrected chi connectivity index (χ4v) is 4.37. The van der Waals surface area contributed by atoms with Gasteiger partial charge in [-0.25, -0.2) is 0 Å². The van der Waals surface area contributed by atoms with Crippen LogP contribution in [0.3, 0.4) is 0 Å². The predicted molar refractivity (Wildman–Crippen MR) is 115 cm³/mol. The van der Waals surface area contributed by atoms with E-state index in [1.807, 2.05) is 30.0 Å². The van der Waals surface area contributed by atoms with Crippen molar-refractivity contribution in [3.8, 4) is 5.69 Å². The van der Waals surface area contributed by atoms with Crippen LogP contribution in [0.4, 0.5) is 13.2 Å². The van der Waals surface area contributed by atoms with Gasteiger partial charge in [0.1, 0.15) is 0 Å². The van der Waals surface area contributed by atoms with Crippen LogP contribution in [-0.4, -0.2) is 48.6 Å². The Morgan fingerprint density at radius 3 is 2.55 bits per heavy atom. The fraction of sp³-hybridized carbons (Fsp3) is 0.435. The highest BCUT2D eigenvalue weighted by atomic mass is 19.4. The van der Waals surface area contributed by atoms with Crippen molar-refractivity contribution in [1.29, 1.82) is 0 Å². The standard InChI is InChI=1S/C23H25F3N6O/c1-15-5-8-20(32-27-11-12-28-32)18(14-15)22(33)31-13-3-4-16(2)19(31)9-6-17-7-10-21(30-29-17)23(24,25)26/h5,7-8,10-12,14,16,19H,3-4,6,9,13H2,1-2H3/t16-,19-/m1/s1. The third-order valence-electron chi connectivity index (χ3n) is 6.10. The maximum absolute atomic E-state index is 13.7. The molecule has 3 heterocycles. The molecule has 0 aliphatic carbocycles. The lowest BCUT2D eigenvalue weighted by molar-refractivity contribution is -0.141. The molecular weight excluding hydrogens is 433 g/mol. The molecule has 1 saturated heterocycles. The Morgan fingerprint density at radius 1 is 1.12 bits per heavy atom. The first-order valence-corrected chi connectivity index (χ1v) is 10.9. The van der Waals surface area contributed by atoms with Gasteiger partial charge in [-0.2, -0.15) is 33.3 Å². The fourth-order valence-electron chi connectivity index (χ4n) is 4.37. The molecule has 7 nitrogen and oxygen atoms in total. The minimum atomic E-state index is -4.51. The number of hydrogen-bond donors (Lipinski definition) is 0. The number of carbonyl (C=O) groups is 1. The quantitative estimate of drug-likeness (QED) is 0.571. The third-order valence-corrected chi connectivity index (χ3v) is 6.10. The third kappa shape index (κ3) is 5.04. The van der Waals surface area contributed by atoms with E-state index in [1.54, 1.807) is 12.4 Å². The van der Waals surface area contributed by atoms with Crippen molar-refractivity contribution < 1.29 is 18.0 Å². The number of piperidine rings is 1. The van der Waals surface area contributed by atoms with Crippen molar-refractivity contribution in [1.82, 2.24) is 30.1 Å². The summed E-state index contributed by atoms with van der Waals surface area (Å²) in [5, 5.41) is 15.4. The van der Waals surface area contributed by atoms with Crippen molar-refractivity contribution in [3.63, 3.8) is 0 Å². The molecule has 1 aliphatic heterocycles. The zero-order chi connectivity index (χ0) is 23.6. The molecule has 174 valence electrons. The summed E-state index contributed by atoms with van der Waals surface area (Å²) in [6, 6.07) is 7.84. The molecule has 0 N–H and O–H groups in total. The summed E-state index contributed by atoms with van der Waals surface area (Å²) in [6.07, 6.45) is 1.51. The molecule has 0 radical (unpaired) electrons. The van der Waals surface area contributed by atoms with Crippen LogP contribution in [0.25, 0.3) is 5.69 Å². The van der Waals surface area contributed by atoms with Crippen LogP contribution in [0.15, 0.2) is 42.7 Å². The first-order valence-electron chi connectivity index (χ1n) is 10.9. The van der Waals surface area contributed by atoms with E-state index in [9.17, 15) is 18.0 Å². The Bertz CT molecular complexity index is 1100. The van der Waals surface area contributed by atoms with Gasteiger partial charge in [0, 0.05) is 12.6 Å². The minimum absolute atomic E-state index is 0.0608. The number of carbonyl (C=O) groups excluding carboxylic acids is 1. The number of halogens is 3. The van der Waals surface area contributed by atoms with E-state index in [0.29, 0.717) is 36.3 Å². The zero-order valence-corrected chi connectivity index (χ0v) is 18.5. The van der Waals surface area contributed by atoms with Crippen molar-refractivity contribution in [2.75, 3.05) is 6.54 Å². The van der Waals surface area contributed by atoms with Gasteiger partial charge in [-0.05, 0) is 62.8 Å². The number of nitrogens with zero attached hydrogens (tertiary/aromatic N) is 6. The summed E-state index contributed by atoms with van der Waals surface area (Å²) in [4.78, 5) is 17.0. The second kappa shape index (κ2) is 9.29. The van der Waals surface area contributed by atoms with Crippen LogP contribution in [0.2, 0.25) is 0 Å². The first-order chi connectivity index (χ1) is 15.7. The second-order valence-corrected chi connectivity index (χ2v) is 8.47. The van der Waals surface area contributed by atoms with Gasteiger partial charge in [-0.15, -0.1) is 5.10 Å². The smallest absolute Gasteiger partial charge is 0.335 e. The molecule has 1 aliphatic rings. The maximum atomic E-state index is 13.7. The topological polar surface area (TPSA) is 76.8 Å². The molecule has 33 heavy (non-hydrogen) atoms. The van der Waals surface area contributed by atoms with Crippen LogP contribution in [0.1, 0.15) is 53.5 Å². The molecule has 2 atom stereocenters. The highest BCUT2D eigenvalue weighted by Gasteiger charge is 2.34. The van der Waals surface area contributed by atoms with Gasteiger partial charge in [-0.1, -0.05) is 18.6 Å². The molecule has 1 amide bonds. The number of likely N-dealkylation sites (tertiary alicyclic amines) is 1. The number of aromatic nitrogens is 5. The Kier molecular flexibility index (Phi) is 6.44. The monoisotopic (exact) mass is 458 g/mol. The molecule has 1 aromatic carbocycles. The Morgan fingerprint density at radius 2 is 1.88 bits per heavy atom. The number of rotatable bonds is 5. The van der Waals surface area contributed by atoms with Crippen molar-refractivity contribution in [3.05, 3.63) is 65.2 Å². The van der Waals surface area contributed by atoms with E-state index in [2.05, 4.69) is 27.3 Å². The van der Waals surface area contributed by atoms with Gasteiger partial charge in [0.15, 0.2) is 5.69 Å². The zero-order valence-electron chi connectivity index (χ0n) is 18.5. The largest absolute Gasteiger partial charge is 0.435 e. The highest BCUT2D eigenvalue weighted by Crippen LogP contribution is 2.30. The van der Waals surface area contributed by atoms with Gasteiger partial charge >= 0.3 is 6.18 Å². The summed E-state index contributed by atoms with van der Waals surface area (Å²) in [7, 11) is 0. The van der Waals surface area contributed by atoms with Gasteiger partial charge in [-0.3, -0.25) is 4.79 Å². The lowest BCUT2D eigenvalue weighted by Crippen LogP contribution is -2.48. The lowest BCUT2D eigenvalue weighted by Gasteiger charge is -2.40. The van der Waals surface area contributed by atoms with E-state index >= 15 is 0 Å². The van der Waals surface area contributed by atoms with Gasteiger partial charge in [0.2, 0.25) is 0 Å². The first kappa shape index (κ1) is 22.9. The molecule has 4 rings (SSSR count). The number of alkyl halides is 3. The number of hydrogen-bond acceptors (Lipinski definition) is 5. The Hall–Kier alpha value is -3.30. The molecule has 3 aromatic rings. The van der Waals surface area contributed by atoms with Crippen LogP contribution in [0, 0.1) is 12.8 Å². The van der Waals surface area contributed by atoms with Crippen LogP contribution in [0.5, 0.6) is 0 Å². The SMILES string of the molecule is Cc1ccc(-n2nccn2)c(C(=O)N2CCC[C@@H](C)[C@H]2CCc2ccc(C(F)(F)F)nn2)c1. The van der Waals surface area contributed by atoms with Crippen LogP contribution in [-0.2, 0) is 12.6 Å². The molecule has 1 fully saturated rings. The van der Waals surface area contributed by atoms with E-state index in [0.717, 1.165) is 24.5 Å². The maximum Gasteiger partial charge on any atom is 0.435 e. The summed E-state index contributed by atoms with van der Waals surface area (Å²) >= 11 is 0. The van der Waals surface area contributed by atoms with Crippen molar-refractivity contribution in [2.45, 2.75) is 51.7 Å². The van der Waals surface area contributed by atoms with Crippen LogP contribution >= 0.6 is 0 Å². The highest BCUT2D eigenvalue weighted by molar-refractivity contribution is 5.98. The predicted octanol–water partition coefficient (Wildman–Crippen LogP) is 4.26. The summed E-state index contributed by atoms with van der Waals surface area (Å²) in [5.74, 6) is 0.155. The van der Waals surface area contributed by atoms with Crippen molar-refractivity contribution in [2.24, 2.45) is 5.92 Å². The number of benzene rings is 1. The van der Waals surface area contributed by atoms with Gasteiger partial charge in [0.25, 0.3) is 5.91 Å². The van der Waals surface area contributed by atoms with Crippen LogP contribution < -0.4 is 0 Å². The second-order valence-electron chi connectivity index (χ2n) is 8.47. The summed E-state index contributed by atoms with van der Waals surface area (Å²) in [6.45, 7) is 4.65. The molecular formula is C23H25F3N6O. The van der Waals surface area contributed by atoms with E-state index < -0.39 is 11.9 Å². The minimum Gasteiger partial charge on any atom is -0.335 e. The Balaban J connectivity index is 1.55. The van der Waals surface area contributed by atoms with Gasteiger partial charge < -0.3 is 4.90 Å². The van der Waals surface area contributed by atoms with E-state index in [1.165, 1.54) is 10.9 Å². The average molecular weight is 458 g/mol. The van der Waals surface area contributed by atoms with Crippen molar-refractivity contribution >= 4 is 5.91 Å². The van der Waals surface area contributed by atoms with E-state index in [4.69, 9.17) is 0 Å².